The average Bonchev–Trinajstić information content (AvgIpc) is 1.65. The van der Waals surface area contributed by atoms with Gasteiger partial charge < -0.3 is 9.84 Å². The predicted molar refractivity (Wildman–Crippen MR) is 23.7 cm³/mol. The topological polar surface area (TPSA) is 46.5 Å². The third kappa shape index (κ3) is 4.59. The third-order valence-electron chi connectivity index (χ3n) is 0.542. The number of hydrogen-bond acceptors (Lipinski definition) is 3. The predicted octanol–water partition coefficient (Wildman–Crippen LogP) is -3.46. The summed E-state index contributed by atoms with van der Waals surface area (Å²) in [6, 6.07) is 0. The Bertz CT molecular complexity index is 71.7. The van der Waals surface area contributed by atoms with E-state index in [1.54, 1.807) is 0 Å². The second kappa shape index (κ2) is 5.56. The summed E-state index contributed by atoms with van der Waals surface area (Å²) in [5.74, 6) is -0.597. The number of aliphatic hydroxyl groups excluding tert-OH is 1. The van der Waals surface area contributed by atoms with E-state index in [9.17, 15) is 4.79 Å². The molecule has 0 aliphatic heterocycles. The third-order valence-corrected chi connectivity index (χ3v) is 0.542. The van der Waals surface area contributed by atoms with Gasteiger partial charge in [0, 0.05) is 0 Å². The van der Waals surface area contributed by atoms with E-state index in [0.717, 1.165) is 0 Å². The molecule has 0 saturated heterocycles. The maximum atomic E-state index is 10.0. The summed E-state index contributed by atoms with van der Waals surface area (Å²) in [6.07, 6.45) is -0.995. The minimum atomic E-state index is -0.995. The van der Waals surface area contributed by atoms with Gasteiger partial charge in [-0.3, -0.25) is 0 Å². The van der Waals surface area contributed by atoms with Crippen molar-refractivity contribution in [2.24, 2.45) is 0 Å². The zero-order chi connectivity index (χ0) is 5.86. The summed E-state index contributed by atoms with van der Waals surface area (Å²) < 4.78 is 4.12. The second-order valence-electron chi connectivity index (χ2n) is 1.20. The molecular formula is C4H8NaO3+. The number of carbonyl (C=O) groups is 1. The van der Waals surface area contributed by atoms with Crippen LogP contribution in [0.2, 0.25) is 0 Å². The van der Waals surface area contributed by atoms with Crippen LogP contribution >= 0.6 is 0 Å². The summed E-state index contributed by atoms with van der Waals surface area (Å²) in [6.45, 7) is 1.35. The molecule has 0 aromatic carbocycles. The Balaban J connectivity index is 0. The van der Waals surface area contributed by atoms with Crippen molar-refractivity contribution < 1.29 is 44.2 Å². The van der Waals surface area contributed by atoms with Gasteiger partial charge in [-0.05, 0) is 6.92 Å². The molecule has 0 fully saturated rings. The maximum absolute atomic E-state index is 10.0. The molecule has 0 saturated carbocycles. The Kier molecular flexibility index (Phi) is 7.83. The minimum absolute atomic E-state index is 0. The van der Waals surface area contributed by atoms with Crippen LogP contribution in [0.3, 0.4) is 0 Å². The van der Waals surface area contributed by atoms with Gasteiger partial charge in [-0.25, -0.2) is 4.79 Å². The van der Waals surface area contributed by atoms with Crippen LogP contribution in [-0.2, 0) is 9.53 Å². The molecular weight excluding hydrogens is 119 g/mol. The second-order valence-corrected chi connectivity index (χ2v) is 1.20. The van der Waals surface area contributed by atoms with Crippen LogP contribution in [0.4, 0.5) is 0 Å². The molecule has 1 N–H and O–H groups in total. The minimum Gasteiger partial charge on any atom is -0.467 e. The largest absolute Gasteiger partial charge is 1.00 e. The Hall–Kier alpha value is 0.430. The van der Waals surface area contributed by atoms with E-state index >= 15 is 0 Å². The summed E-state index contributed by atoms with van der Waals surface area (Å²) >= 11 is 0. The van der Waals surface area contributed by atoms with E-state index in [4.69, 9.17) is 5.11 Å². The quantitative estimate of drug-likeness (QED) is 0.294. The molecule has 0 radical (unpaired) electrons. The van der Waals surface area contributed by atoms with Crippen molar-refractivity contribution in [1.82, 2.24) is 0 Å². The van der Waals surface area contributed by atoms with Crippen molar-refractivity contribution in [1.29, 1.82) is 0 Å². The van der Waals surface area contributed by atoms with Crippen molar-refractivity contribution in [3.8, 4) is 0 Å². The van der Waals surface area contributed by atoms with E-state index in [1.165, 1.54) is 14.0 Å². The molecule has 4 heteroatoms. The first-order valence-electron chi connectivity index (χ1n) is 1.94. The molecule has 42 valence electrons. The summed E-state index contributed by atoms with van der Waals surface area (Å²) in [4.78, 5) is 10.0. The zero-order valence-corrected chi connectivity index (χ0v) is 7.34. The fraction of sp³-hybridized carbons (Fsp3) is 0.750. The molecule has 0 heterocycles. The average molecular weight is 127 g/mol. The van der Waals surface area contributed by atoms with Gasteiger partial charge in [0.1, 0.15) is 6.10 Å². The molecule has 0 aliphatic carbocycles. The van der Waals surface area contributed by atoms with Crippen LogP contribution < -0.4 is 29.6 Å². The Labute approximate surface area is 70.3 Å². The molecule has 0 aromatic heterocycles. The maximum Gasteiger partial charge on any atom is 1.00 e. The van der Waals surface area contributed by atoms with Gasteiger partial charge in [-0.1, -0.05) is 0 Å². The van der Waals surface area contributed by atoms with Gasteiger partial charge in [-0.2, -0.15) is 0 Å². The van der Waals surface area contributed by atoms with Crippen LogP contribution in [0.15, 0.2) is 0 Å². The monoisotopic (exact) mass is 127 g/mol. The van der Waals surface area contributed by atoms with Crippen molar-refractivity contribution in [3.63, 3.8) is 0 Å². The van der Waals surface area contributed by atoms with Gasteiger partial charge in [0.15, 0.2) is 0 Å². The van der Waals surface area contributed by atoms with Crippen LogP contribution in [0, 0.1) is 0 Å². The molecule has 0 spiro atoms. The summed E-state index contributed by atoms with van der Waals surface area (Å²) in [5, 5.41) is 8.35. The molecule has 1 atom stereocenters. The summed E-state index contributed by atoms with van der Waals surface area (Å²) in [5.41, 5.74) is 0. The Morgan fingerprint density at radius 3 is 2.12 bits per heavy atom. The molecule has 0 aromatic rings. The number of hydrogen-bond donors (Lipinski definition) is 1. The van der Waals surface area contributed by atoms with Gasteiger partial charge >= 0.3 is 35.5 Å². The van der Waals surface area contributed by atoms with E-state index in [0.29, 0.717) is 0 Å². The Morgan fingerprint density at radius 2 is 2.12 bits per heavy atom. The first kappa shape index (κ1) is 11.3. The molecule has 0 amide bonds. The molecule has 0 rings (SSSR count). The van der Waals surface area contributed by atoms with Crippen LogP contribution in [0.1, 0.15) is 6.92 Å². The van der Waals surface area contributed by atoms with Gasteiger partial charge in [-0.15, -0.1) is 0 Å². The number of aliphatic hydroxyl groups is 1. The number of methoxy groups -OCH3 is 1. The van der Waals surface area contributed by atoms with E-state index in [-0.39, 0.29) is 29.6 Å². The SMILES string of the molecule is COC(=O)C(C)O.[Na+]. The molecule has 0 aliphatic rings. The zero-order valence-electron chi connectivity index (χ0n) is 5.34. The van der Waals surface area contributed by atoms with Gasteiger partial charge in [0.05, 0.1) is 7.11 Å². The van der Waals surface area contributed by atoms with E-state index < -0.39 is 12.1 Å². The first-order valence-corrected chi connectivity index (χ1v) is 1.94. The normalized spacial score (nSPS) is 11.4. The number of rotatable bonds is 1. The molecule has 0 bridgehead atoms. The number of ether oxygens (including phenoxy) is 1. The fourth-order valence-corrected chi connectivity index (χ4v) is 0.171. The fourth-order valence-electron chi connectivity index (χ4n) is 0.171. The van der Waals surface area contributed by atoms with Crippen LogP contribution in [0.5, 0.6) is 0 Å². The molecule has 1 unspecified atom stereocenters. The van der Waals surface area contributed by atoms with Crippen molar-refractivity contribution in [2.75, 3.05) is 7.11 Å². The first-order chi connectivity index (χ1) is 3.18. The summed E-state index contributed by atoms with van der Waals surface area (Å²) in [7, 11) is 1.23. The van der Waals surface area contributed by atoms with Crippen molar-refractivity contribution in [2.45, 2.75) is 13.0 Å². The number of carbonyl (C=O) groups excluding carboxylic acids is 1. The van der Waals surface area contributed by atoms with E-state index in [1.807, 2.05) is 0 Å². The number of esters is 1. The van der Waals surface area contributed by atoms with Gasteiger partial charge in [0.25, 0.3) is 0 Å². The van der Waals surface area contributed by atoms with Gasteiger partial charge in [0.2, 0.25) is 0 Å². The molecule has 8 heavy (non-hydrogen) atoms. The van der Waals surface area contributed by atoms with Crippen molar-refractivity contribution in [3.05, 3.63) is 0 Å². The van der Waals surface area contributed by atoms with E-state index in [2.05, 4.69) is 4.74 Å². The Morgan fingerprint density at radius 1 is 1.75 bits per heavy atom. The van der Waals surface area contributed by atoms with Crippen LogP contribution in [0.25, 0.3) is 0 Å². The van der Waals surface area contributed by atoms with Crippen molar-refractivity contribution >= 4 is 5.97 Å². The van der Waals surface area contributed by atoms with Crippen LogP contribution in [-0.4, -0.2) is 24.3 Å². The standard InChI is InChI=1S/C4H8O3.Na/c1-3(5)4(6)7-2;/h3,5H,1-2H3;/q;+1. The smallest absolute Gasteiger partial charge is 0.467 e. The molecule has 3 nitrogen and oxygen atoms in total.